The van der Waals surface area contributed by atoms with E-state index in [0.29, 0.717) is 45.4 Å². The van der Waals surface area contributed by atoms with Gasteiger partial charge in [0.25, 0.3) is 0 Å². The van der Waals surface area contributed by atoms with Gasteiger partial charge in [0.05, 0.1) is 19.7 Å². The summed E-state index contributed by atoms with van der Waals surface area (Å²) in [6.45, 7) is 9.59. The second kappa shape index (κ2) is 14.1. The molecule has 2 aromatic carbocycles. The zero-order valence-corrected chi connectivity index (χ0v) is 19.7. The van der Waals surface area contributed by atoms with Gasteiger partial charge in [0.1, 0.15) is 12.4 Å². The Balaban J connectivity index is 1.99. The highest BCUT2D eigenvalue weighted by Gasteiger charge is 2.13. The van der Waals surface area contributed by atoms with Gasteiger partial charge in [-0.05, 0) is 38.0 Å². The molecule has 174 valence electrons. The molecule has 32 heavy (non-hydrogen) atoms. The first-order valence-corrected chi connectivity index (χ1v) is 11.1. The molecule has 2 rings (SSSR count). The fourth-order valence-corrected chi connectivity index (χ4v) is 3.12. The van der Waals surface area contributed by atoms with Crippen molar-refractivity contribution in [3.05, 3.63) is 65.2 Å². The van der Waals surface area contributed by atoms with Crippen LogP contribution in [0, 0.1) is 6.92 Å². The highest BCUT2D eigenvalue weighted by Crippen LogP contribution is 2.21. The zero-order chi connectivity index (χ0) is 23.2. The fourth-order valence-electron chi connectivity index (χ4n) is 3.12. The summed E-state index contributed by atoms with van der Waals surface area (Å²) >= 11 is 0. The SMILES string of the molecule is CCNC(=NCc1ccc(C)cc1OCCOC)NCC(=O)N(CC)Cc1ccccc1. The number of nitrogens with zero attached hydrogens (tertiary/aromatic N) is 2. The van der Waals surface area contributed by atoms with Gasteiger partial charge in [-0.25, -0.2) is 4.99 Å². The molecular formula is C25H36N4O3. The topological polar surface area (TPSA) is 75.2 Å². The van der Waals surface area contributed by atoms with E-state index in [1.165, 1.54) is 0 Å². The molecule has 7 nitrogen and oxygen atoms in total. The van der Waals surface area contributed by atoms with Gasteiger partial charge in [0.15, 0.2) is 5.96 Å². The Bertz CT molecular complexity index is 856. The maximum Gasteiger partial charge on any atom is 0.242 e. The molecule has 0 fully saturated rings. The van der Waals surface area contributed by atoms with E-state index in [2.05, 4.69) is 15.6 Å². The molecule has 0 radical (unpaired) electrons. The summed E-state index contributed by atoms with van der Waals surface area (Å²) in [4.78, 5) is 19.2. The summed E-state index contributed by atoms with van der Waals surface area (Å²) in [5.41, 5.74) is 3.22. The third-order valence-electron chi connectivity index (χ3n) is 4.88. The number of likely N-dealkylation sites (N-methyl/N-ethyl adjacent to an activating group) is 1. The first kappa shape index (κ1) is 25.2. The van der Waals surface area contributed by atoms with Crippen LogP contribution in [0.25, 0.3) is 0 Å². The fraction of sp³-hybridized carbons (Fsp3) is 0.440. The summed E-state index contributed by atoms with van der Waals surface area (Å²) in [6.07, 6.45) is 0. The molecular weight excluding hydrogens is 404 g/mol. The molecule has 0 atom stereocenters. The smallest absolute Gasteiger partial charge is 0.242 e. The van der Waals surface area contributed by atoms with E-state index in [1.54, 1.807) is 7.11 Å². The highest BCUT2D eigenvalue weighted by atomic mass is 16.5. The predicted molar refractivity (Wildman–Crippen MR) is 129 cm³/mol. The molecule has 0 saturated carbocycles. The van der Waals surface area contributed by atoms with Crippen molar-refractivity contribution in [2.45, 2.75) is 33.9 Å². The molecule has 0 bridgehead atoms. The van der Waals surface area contributed by atoms with E-state index in [9.17, 15) is 4.79 Å². The van der Waals surface area contributed by atoms with Crippen LogP contribution in [-0.4, -0.2) is 56.7 Å². The third-order valence-corrected chi connectivity index (χ3v) is 4.88. The van der Waals surface area contributed by atoms with Crippen LogP contribution >= 0.6 is 0 Å². The second-order valence-corrected chi connectivity index (χ2v) is 7.39. The largest absolute Gasteiger partial charge is 0.491 e. The number of hydrogen-bond donors (Lipinski definition) is 2. The molecule has 0 heterocycles. The van der Waals surface area contributed by atoms with E-state index in [1.807, 2.05) is 74.2 Å². The summed E-state index contributed by atoms with van der Waals surface area (Å²) in [5, 5.41) is 6.37. The Morgan fingerprint density at radius 3 is 2.53 bits per heavy atom. The lowest BCUT2D eigenvalue weighted by Crippen LogP contribution is -2.44. The van der Waals surface area contributed by atoms with Crippen LogP contribution in [0.4, 0.5) is 0 Å². The maximum absolute atomic E-state index is 12.7. The van der Waals surface area contributed by atoms with E-state index in [4.69, 9.17) is 9.47 Å². The van der Waals surface area contributed by atoms with Crippen LogP contribution in [0.2, 0.25) is 0 Å². The van der Waals surface area contributed by atoms with E-state index < -0.39 is 0 Å². The average molecular weight is 441 g/mol. The van der Waals surface area contributed by atoms with Crippen molar-refractivity contribution in [2.75, 3.05) is 40.0 Å². The van der Waals surface area contributed by atoms with Crippen LogP contribution in [0.3, 0.4) is 0 Å². The molecule has 0 unspecified atom stereocenters. The lowest BCUT2D eigenvalue weighted by atomic mass is 10.1. The number of rotatable bonds is 12. The molecule has 0 aromatic heterocycles. The van der Waals surface area contributed by atoms with E-state index in [0.717, 1.165) is 22.4 Å². The Morgan fingerprint density at radius 1 is 1.06 bits per heavy atom. The zero-order valence-electron chi connectivity index (χ0n) is 19.7. The second-order valence-electron chi connectivity index (χ2n) is 7.39. The summed E-state index contributed by atoms with van der Waals surface area (Å²) < 4.78 is 10.9. The number of amides is 1. The number of methoxy groups -OCH3 is 1. The third kappa shape index (κ3) is 8.59. The van der Waals surface area contributed by atoms with Crippen LogP contribution < -0.4 is 15.4 Å². The minimum atomic E-state index is 0.0286. The summed E-state index contributed by atoms with van der Waals surface area (Å²) in [5.74, 6) is 1.43. The molecule has 0 aliphatic heterocycles. The summed E-state index contributed by atoms with van der Waals surface area (Å²) in [6, 6.07) is 16.1. The number of nitrogens with one attached hydrogen (secondary N) is 2. The van der Waals surface area contributed by atoms with Gasteiger partial charge in [-0.2, -0.15) is 0 Å². The van der Waals surface area contributed by atoms with Crippen molar-refractivity contribution in [2.24, 2.45) is 4.99 Å². The van der Waals surface area contributed by atoms with Gasteiger partial charge < -0.3 is 25.0 Å². The number of hydrogen-bond acceptors (Lipinski definition) is 4. The lowest BCUT2D eigenvalue weighted by molar-refractivity contribution is -0.130. The molecule has 0 aliphatic carbocycles. The first-order valence-electron chi connectivity index (χ1n) is 11.1. The van der Waals surface area contributed by atoms with Crippen molar-refractivity contribution < 1.29 is 14.3 Å². The van der Waals surface area contributed by atoms with E-state index >= 15 is 0 Å². The van der Waals surface area contributed by atoms with Gasteiger partial charge >= 0.3 is 0 Å². The molecule has 0 saturated heterocycles. The van der Waals surface area contributed by atoms with Crippen LogP contribution in [0.1, 0.15) is 30.5 Å². The quantitative estimate of drug-likeness (QED) is 0.301. The van der Waals surface area contributed by atoms with Crippen LogP contribution in [0.15, 0.2) is 53.5 Å². The molecule has 0 spiro atoms. The van der Waals surface area contributed by atoms with E-state index in [-0.39, 0.29) is 12.5 Å². The van der Waals surface area contributed by atoms with Crippen molar-refractivity contribution >= 4 is 11.9 Å². The van der Waals surface area contributed by atoms with Gasteiger partial charge in [-0.1, -0.05) is 42.5 Å². The number of benzene rings is 2. The van der Waals surface area contributed by atoms with Crippen molar-refractivity contribution in [3.63, 3.8) is 0 Å². The monoisotopic (exact) mass is 440 g/mol. The van der Waals surface area contributed by atoms with Gasteiger partial charge in [0.2, 0.25) is 5.91 Å². The predicted octanol–water partition coefficient (Wildman–Crippen LogP) is 3.12. The standard InChI is InChI=1S/C25H36N4O3/c1-5-26-25(27-17-22-13-12-20(3)16-23(22)32-15-14-31-4)28-18-24(30)29(6-2)19-21-10-8-7-9-11-21/h7-13,16H,5-6,14-15,17-19H2,1-4H3,(H2,26,27,28). The number of aliphatic imine (C=N–C) groups is 1. The Kier molecular flexibility index (Phi) is 11.1. The molecule has 2 aromatic rings. The van der Waals surface area contributed by atoms with Gasteiger partial charge in [-0.15, -0.1) is 0 Å². The number of guanidine groups is 1. The molecule has 0 aliphatic rings. The minimum Gasteiger partial charge on any atom is -0.491 e. The number of carbonyl (C=O) groups excluding carboxylic acids is 1. The molecule has 7 heteroatoms. The number of aryl methyl sites for hydroxylation is 1. The van der Waals surface area contributed by atoms with Gasteiger partial charge in [0, 0.05) is 32.3 Å². The Hall–Kier alpha value is -3.06. The average Bonchev–Trinajstić information content (AvgIpc) is 2.80. The first-order chi connectivity index (χ1) is 15.6. The lowest BCUT2D eigenvalue weighted by Gasteiger charge is -2.22. The Morgan fingerprint density at radius 2 is 1.84 bits per heavy atom. The maximum atomic E-state index is 12.7. The van der Waals surface area contributed by atoms with Crippen LogP contribution in [0.5, 0.6) is 5.75 Å². The normalized spacial score (nSPS) is 11.2. The Labute approximate surface area is 191 Å². The highest BCUT2D eigenvalue weighted by molar-refractivity contribution is 5.86. The van der Waals surface area contributed by atoms with Crippen molar-refractivity contribution in [3.8, 4) is 5.75 Å². The molecule has 1 amide bonds. The number of ether oxygens (including phenoxy) is 2. The van der Waals surface area contributed by atoms with Gasteiger partial charge in [-0.3, -0.25) is 4.79 Å². The summed E-state index contributed by atoms with van der Waals surface area (Å²) in [7, 11) is 1.65. The van der Waals surface area contributed by atoms with Crippen molar-refractivity contribution in [1.29, 1.82) is 0 Å². The van der Waals surface area contributed by atoms with Crippen LogP contribution in [-0.2, 0) is 22.6 Å². The number of carbonyl (C=O) groups is 1. The van der Waals surface area contributed by atoms with Crippen molar-refractivity contribution in [1.82, 2.24) is 15.5 Å². The molecule has 2 N–H and O–H groups in total. The minimum absolute atomic E-state index is 0.0286.